The molecule has 4 rings (SSSR count). The number of aromatic nitrogens is 5. The van der Waals surface area contributed by atoms with Gasteiger partial charge in [0, 0.05) is 30.4 Å². The lowest BCUT2D eigenvalue weighted by Crippen LogP contribution is -2.39. The minimum atomic E-state index is -0.493. The van der Waals surface area contributed by atoms with E-state index in [1.807, 2.05) is 33.9 Å². The largest absolute Gasteiger partial charge is 0.444 e. The Kier molecular flexibility index (Phi) is 5.33. The molecule has 1 aliphatic rings. The van der Waals surface area contributed by atoms with Gasteiger partial charge in [-0.15, -0.1) is 0 Å². The first kappa shape index (κ1) is 21.1. The monoisotopic (exact) mass is 422 g/mol. The Hall–Kier alpha value is -3.16. The van der Waals surface area contributed by atoms with Gasteiger partial charge < -0.3 is 9.64 Å². The van der Waals surface area contributed by atoms with Crippen molar-refractivity contribution in [2.45, 2.75) is 59.5 Å². The zero-order valence-electron chi connectivity index (χ0n) is 19.1. The topological polar surface area (TPSA) is 88.4 Å². The minimum Gasteiger partial charge on any atom is -0.444 e. The maximum Gasteiger partial charge on any atom is 0.410 e. The van der Waals surface area contributed by atoms with Crippen LogP contribution >= 0.6 is 0 Å². The molecule has 4 heterocycles. The minimum absolute atomic E-state index is 0.270. The first-order valence-corrected chi connectivity index (χ1v) is 10.7. The highest BCUT2D eigenvalue weighted by Crippen LogP contribution is 2.35. The fourth-order valence-electron chi connectivity index (χ4n) is 3.99. The Bertz CT molecular complexity index is 1150. The molecular weight excluding hydrogens is 392 g/mol. The van der Waals surface area contributed by atoms with E-state index in [-0.39, 0.29) is 12.0 Å². The van der Waals surface area contributed by atoms with Gasteiger partial charge in [-0.05, 0) is 57.2 Å². The SMILES string of the molecule is Cc1cc(-c2n[nH]c(C3=CCN(C(=O)OC(C)(C)C)CC3)c2C(C)C)cn2ncnc12. The highest BCUT2D eigenvalue weighted by Gasteiger charge is 2.27. The van der Waals surface area contributed by atoms with Crippen LogP contribution in [0.15, 0.2) is 24.7 Å². The van der Waals surface area contributed by atoms with Crippen LogP contribution in [-0.2, 0) is 4.74 Å². The van der Waals surface area contributed by atoms with Crippen molar-refractivity contribution in [2.24, 2.45) is 0 Å². The zero-order valence-corrected chi connectivity index (χ0v) is 19.1. The van der Waals surface area contributed by atoms with E-state index in [9.17, 15) is 4.79 Å². The molecule has 1 aliphatic heterocycles. The maximum atomic E-state index is 12.4. The van der Waals surface area contributed by atoms with Crippen molar-refractivity contribution in [1.82, 2.24) is 29.7 Å². The standard InChI is InChI=1S/C23H30N6O2/c1-14(2)18-19(16-7-9-28(10-8-16)22(30)31-23(4,5)6)26-27-20(18)17-11-15(3)21-24-13-25-29(21)12-17/h7,11-14H,8-10H2,1-6H3,(H,26,27). The van der Waals surface area contributed by atoms with Crippen molar-refractivity contribution in [3.8, 4) is 11.3 Å². The second kappa shape index (κ2) is 7.83. The molecule has 0 aliphatic carbocycles. The molecule has 1 N–H and O–H groups in total. The number of aromatic amines is 1. The van der Waals surface area contributed by atoms with Gasteiger partial charge in [0.15, 0.2) is 5.65 Å². The van der Waals surface area contributed by atoms with Crippen molar-refractivity contribution in [1.29, 1.82) is 0 Å². The van der Waals surface area contributed by atoms with Gasteiger partial charge >= 0.3 is 6.09 Å². The number of pyridine rings is 1. The van der Waals surface area contributed by atoms with Crippen LogP contribution in [0.1, 0.15) is 63.8 Å². The summed E-state index contributed by atoms with van der Waals surface area (Å²) in [6.45, 7) is 13.2. The predicted molar refractivity (Wildman–Crippen MR) is 120 cm³/mol. The number of hydrogen-bond donors (Lipinski definition) is 1. The zero-order chi connectivity index (χ0) is 22.3. The van der Waals surface area contributed by atoms with Gasteiger partial charge in [-0.3, -0.25) is 5.10 Å². The molecule has 0 aromatic carbocycles. The van der Waals surface area contributed by atoms with Crippen LogP contribution in [0.25, 0.3) is 22.5 Å². The van der Waals surface area contributed by atoms with Gasteiger partial charge in [0.1, 0.15) is 11.9 Å². The average Bonchev–Trinajstić information content (AvgIpc) is 3.34. The Morgan fingerprint density at radius 2 is 2.06 bits per heavy atom. The molecule has 0 spiro atoms. The summed E-state index contributed by atoms with van der Waals surface area (Å²) in [6, 6.07) is 2.11. The summed E-state index contributed by atoms with van der Waals surface area (Å²) in [5.41, 5.74) is 6.76. The van der Waals surface area contributed by atoms with E-state index < -0.39 is 5.60 Å². The normalized spacial score (nSPS) is 14.9. The van der Waals surface area contributed by atoms with E-state index in [0.717, 1.165) is 34.6 Å². The number of hydrogen-bond acceptors (Lipinski definition) is 5. The molecule has 3 aromatic heterocycles. The number of fused-ring (bicyclic) bond motifs is 1. The number of H-pyrrole nitrogens is 1. The summed E-state index contributed by atoms with van der Waals surface area (Å²) in [6.07, 6.45) is 6.12. The van der Waals surface area contributed by atoms with Crippen LogP contribution in [0.5, 0.6) is 0 Å². The highest BCUT2D eigenvalue weighted by atomic mass is 16.6. The molecule has 0 fully saturated rings. The molecule has 0 atom stereocenters. The molecule has 0 bridgehead atoms. The molecule has 0 unspecified atom stereocenters. The summed E-state index contributed by atoms with van der Waals surface area (Å²) in [5.74, 6) is 0.278. The van der Waals surface area contributed by atoms with E-state index in [2.05, 4.69) is 46.3 Å². The number of amides is 1. The summed E-state index contributed by atoms with van der Waals surface area (Å²) in [4.78, 5) is 18.4. The van der Waals surface area contributed by atoms with Gasteiger partial charge in [0.05, 0.1) is 11.4 Å². The molecular formula is C23H30N6O2. The van der Waals surface area contributed by atoms with Crippen LogP contribution in [0.4, 0.5) is 4.79 Å². The molecule has 164 valence electrons. The van der Waals surface area contributed by atoms with Crippen LogP contribution in [0.3, 0.4) is 0 Å². The second-order valence-corrected chi connectivity index (χ2v) is 9.36. The molecule has 0 radical (unpaired) electrons. The van der Waals surface area contributed by atoms with Crippen molar-refractivity contribution in [3.05, 3.63) is 41.5 Å². The summed E-state index contributed by atoms with van der Waals surface area (Å²) < 4.78 is 7.30. The third-order valence-corrected chi connectivity index (χ3v) is 5.40. The van der Waals surface area contributed by atoms with Gasteiger partial charge in [-0.2, -0.15) is 10.2 Å². The molecule has 8 nitrogen and oxygen atoms in total. The molecule has 8 heteroatoms. The van der Waals surface area contributed by atoms with Crippen molar-refractivity contribution < 1.29 is 9.53 Å². The summed E-state index contributed by atoms with van der Waals surface area (Å²) in [7, 11) is 0. The Morgan fingerprint density at radius 3 is 2.71 bits per heavy atom. The Balaban J connectivity index is 1.64. The third-order valence-electron chi connectivity index (χ3n) is 5.40. The van der Waals surface area contributed by atoms with Crippen LogP contribution in [0, 0.1) is 6.92 Å². The number of aryl methyl sites for hydroxylation is 1. The van der Waals surface area contributed by atoms with E-state index in [0.29, 0.717) is 13.1 Å². The van der Waals surface area contributed by atoms with Gasteiger partial charge in [-0.1, -0.05) is 19.9 Å². The Morgan fingerprint density at radius 1 is 1.29 bits per heavy atom. The fraction of sp³-hybridized carbons (Fsp3) is 0.478. The fourth-order valence-corrected chi connectivity index (χ4v) is 3.99. The lowest BCUT2D eigenvalue weighted by atomic mass is 9.92. The maximum absolute atomic E-state index is 12.4. The number of carbonyl (C=O) groups excluding carboxylic acids is 1. The highest BCUT2D eigenvalue weighted by molar-refractivity contribution is 5.77. The molecule has 3 aromatic rings. The average molecular weight is 423 g/mol. The van der Waals surface area contributed by atoms with Gasteiger partial charge in [-0.25, -0.2) is 14.3 Å². The summed E-state index contributed by atoms with van der Waals surface area (Å²) in [5, 5.41) is 12.2. The first-order chi connectivity index (χ1) is 14.6. The number of carbonyl (C=O) groups is 1. The first-order valence-electron chi connectivity index (χ1n) is 10.7. The van der Waals surface area contributed by atoms with Gasteiger partial charge in [0.2, 0.25) is 0 Å². The van der Waals surface area contributed by atoms with E-state index in [4.69, 9.17) is 4.74 Å². The Labute approximate surface area is 182 Å². The van der Waals surface area contributed by atoms with Crippen LogP contribution < -0.4 is 0 Å². The lowest BCUT2D eigenvalue weighted by molar-refractivity contribution is 0.0270. The molecule has 0 saturated carbocycles. The number of rotatable bonds is 3. The number of nitrogens with zero attached hydrogens (tertiary/aromatic N) is 5. The predicted octanol–water partition coefficient (Wildman–Crippen LogP) is 4.58. The lowest BCUT2D eigenvalue weighted by Gasteiger charge is -2.29. The van der Waals surface area contributed by atoms with Crippen molar-refractivity contribution in [3.63, 3.8) is 0 Å². The van der Waals surface area contributed by atoms with Crippen molar-refractivity contribution >= 4 is 17.3 Å². The number of nitrogens with one attached hydrogen (secondary N) is 1. The molecule has 0 saturated heterocycles. The number of ether oxygens (including phenoxy) is 1. The second-order valence-electron chi connectivity index (χ2n) is 9.36. The van der Waals surface area contributed by atoms with Crippen LogP contribution in [0.2, 0.25) is 0 Å². The van der Waals surface area contributed by atoms with Crippen LogP contribution in [-0.4, -0.2) is 54.5 Å². The third kappa shape index (κ3) is 4.19. The smallest absolute Gasteiger partial charge is 0.410 e. The van der Waals surface area contributed by atoms with E-state index in [1.165, 1.54) is 11.1 Å². The summed E-state index contributed by atoms with van der Waals surface area (Å²) >= 11 is 0. The molecule has 1 amide bonds. The van der Waals surface area contributed by atoms with Crippen molar-refractivity contribution in [2.75, 3.05) is 13.1 Å². The van der Waals surface area contributed by atoms with E-state index in [1.54, 1.807) is 15.7 Å². The van der Waals surface area contributed by atoms with E-state index >= 15 is 0 Å². The molecule has 31 heavy (non-hydrogen) atoms. The van der Waals surface area contributed by atoms with Gasteiger partial charge in [0.25, 0.3) is 0 Å². The quantitative estimate of drug-likeness (QED) is 0.668.